The maximum atomic E-state index is 13.7. The first kappa shape index (κ1) is 21.7. The van der Waals surface area contributed by atoms with Gasteiger partial charge in [-0.2, -0.15) is 0 Å². The van der Waals surface area contributed by atoms with E-state index in [9.17, 15) is 9.59 Å². The predicted octanol–water partition coefficient (Wildman–Crippen LogP) is 4.85. The van der Waals surface area contributed by atoms with Gasteiger partial charge in [0.2, 0.25) is 11.8 Å². The quantitative estimate of drug-likeness (QED) is 0.537. The van der Waals surface area contributed by atoms with Crippen molar-refractivity contribution in [2.24, 2.45) is 0 Å². The third kappa shape index (κ3) is 5.76. The number of aromatic nitrogens is 1. The average Bonchev–Trinajstić information content (AvgIpc) is 3.17. The molecule has 2 aromatic carbocycles. The second kappa shape index (κ2) is 10.7. The van der Waals surface area contributed by atoms with E-state index in [0.29, 0.717) is 11.7 Å². The molecule has 1 aromatic heterocycles. The Morgan fingerprint density at radius 2 is 1.63 bits per heavy atom. The van der Waals surface area contributed by atoms with Crippen molar-refractivity contribution in [1.82, 2.24) is 9.88 Å². The first-order valence-corrected chi connectivity index (χ1v) is 11.1. The summed E-state index contributed by atoms with van der Waals surface area (Å²) in [6, 6.07) is 19.5. The fraction of sp³-hybridized carbons (Fsp3) is 0.292. The molecule has 30 heavy (non-hydrogen) atoms. The van der Waals surface area contributed by atoms with Gasteiger partial charge in [-0.1, -0.05) is 74.0 Å². The van der Waals surface area contributed by atoms with Crippen LogP contribution in [-0.4, -0.2) is 34.8 Å². The summed E-state index contributed by atoms with van der Waals surface area (Å²) >= 11 is 1.38. The lowest BCUT2D eigenvalue weighted by atomic mass is 9.90. The molecular weight excluding hydrogens is 394 g/mol. The van der Waals surface area contributed by atoms with Crippen molar-refractivity contribution in [1.29, 1.82) is 0 Å². The monoisotopic (exact) mass is 421 g/mol. The number of amides is 2. The summed E-state index contributed by atoms with van der Waals surface area (Å²) in [5.74, 6) is -0.737. The number of thiazole rings is 1. The molecule has 0 aliphatic heterocycles. The highest BCUT2D eigenvalue weighted by molar-refractivity contribution is 7.13. The molecule has 0 bridgehead atoms. The molecule has 1 N–H and O–H groups in total. The third-order valence-electron chi connectivity index (χ3n) is 4.81. The van der Waals surface area contributed by atoms with Gasteiger partial charge in [0.15, 0.2) is 5.13 Å². The van der Waals surface area contributed by atoms with E-state index in [1.807, 2.05) is 73.0 Å². The minimum atomic E-state index is -0.445. The second-order valence-electron chi connectivity index (χ2n) is 7.21. The zero-order chi connectivity index (χ0) is 21.3. The van der Waals surface area contributed by atoms with Crippen LogP contribution >= 0.6 is 11.3 Å². The number of aryl methyl sites for hydroxylation is 1. The fourth-order valence-electron chi connectivity index (χ4n) is 3.31. The van der Waals surface area contributed by atoms with Crippen LogP contribution in [0.15, 0.2) is 66.0 Å². The smallest absolute Gasteiger partial charge is 0.245 e. The number of rotatable bonds is 9. The predicted molar refractivity (Wildman–Crippen MR) is 122 cm³/mol. The molecule has 0 spiro atoms. The maximum absolute atomic E-state index is 13.7. The van der Waals surface area contributed by atoms with Gasteiger partial charge in [0.05, 0.1) is 18.2 Å². The lowest BCUT2D eigenvalue weighted by Crippen LogP contribution is -2.41. The number of hydrogen-bond acceptors (Lipinski definition) is 4. The van der Waals surface area contributed by atoms with E-state index >= 15 is 0 Å². The Balaban J connectivity index is 1.84. The molecule has 6 heteroatoms. The molecule has 156 valence electrons. The first-order chi connectivity index (χ1) is 14.6. The summed E-state index contributed by atoms with van der Waals surface area (Å²) in [5, 5.41) is 5.26. The normalized spacial score (nSPS) is 10.8. The molecule has 0 fully saturated rings. The van der Waals surface area contributed by atoms with Gasteiger partial charge in [0.25, 0.3) is 0 Å². The van der Waals surface area contributed by atoms with Gasteiger partial charge < -0.3 is 10.2 Å². The van der Waals surface area contributed by atoms with Crippen LogP contribution in [0.4, 0.5) is 5.13 Å². The Morgan fingerprint density at radius 3 is 2.13 bits per heavy atom. The van der Waals surface area contributed by atoms with Crippen molar-refractivity contribution in [3.8, 4) is 0 Å². The SMILES string of the molecule is CCCCN(CC(=O)Nc1nc(C)cs1)C(=O)C(c1ccccc1)c1ccccc1. The Labute approximate surface area is 181 Å². The highest BCUT2D eigenvalue weighted by Gasteiger charge is 2.28. The van der Waals surface area contributed by atoms with E-state index in [2.05, 4.69) is 17.2 Å². The zero-order valence-electron chi connectivity index (χ0n) is 17.4. The van der Waals surface area contributed by atoms with Crippen molar-refractivity contribution >= 4 is 28.3 Å². The standard InChI is InChI=1S/C24H27N3O2S/c1-3-4-15-27(16-21(28)26-24-25-18(2)17-30-24)23(29)22(19-11-7-5-8-12-19)20-13-9-6-10-14-20/h5-14,17,22H,3-4,15-16H2,1-2H3,(H,25,26,28). The van der Waals surface area contributed by atoms with Crippen molar-refractivity contribution in [2.75, 3.05) is 18.4 Å². The van der Waals surface area contributed by atoms with E-state index in [0.717, 1.165) is 29.7 Å². The van der Waals surface area contributed by atoms with Crippen molar-refractivity contribution < 1.29 is 9.59 Å². The van der Waals surface area contributed by atoms with Crippen molar-refractivity contribution in [3.63, 3.8) is 0 Å². The summed E-state index contributed by atoms with van der Waals surface area (Å²) in [5.41, 5.74) is 2.71. The van der Waals surface area contributed by atoms with Crippen LogP contribution in [-0.2, 0) is 9.59 Å². The van der Waals surface area contributed by atoms with Crippen LogP contribution in [0.2, 0.25) is 0 Å². The first-order valence-electron chi connectivity index (χ1n) is 10.2. The minimum Gasteiger partial charge on any atom is -0.333 e. The summed E-state index contributed by atoms with van der Waals surface area (Å²) in [6.45, 7) is 4.50. The zero-order valence-corrected chi connectivity index (χ0v) is 18.2. The van der Waals surface area contributed by atoms with Gasteiger partial charge in [-0.15, -0.1) is 11.3 Å². The van der Waals surface area contributed by atoms with E-state index in [1.54, 1.807) is 4.90 Å². The molecule has 0 atom stereocenters. The van der Waals surface area contributed by atoms with E-state index in [4.69, 9.17) is 0 Å². The number of carbonyl (C=O) groups excluding carboxylic acids is 2. The minimum absolute atomic E-state index is 0.00757. The molecule has 0 unspecified atom stereocenters. The molecule has 0 saturated heterocycles. The number of nitrogens with zero attached hydrogens (tertiary/aromatic N) is 2. The summed E-state index contributed by atoms with van der Waals surface area (Å²) < 4.78 is 0. The molecule has 0 radical (unpaired) electrons. The molecule has 3 aromatic rings. The van der Waals surface area contributed by atoms with Crippen LogP contribution in [0.25, 0.3) is 0 Å². The third-order valence-corrected chi connectivity index (χ3v) is 5.68. The van der Waals surface area contributed by atoms with Crippen LogP contribution in [0.5, 0.6) is 0 Å². The number of anilines is 1. The Morgan fingerprint density at radius 1 is 1.03 bits per heavy atom. The van der Waals surface area contributed by atoms with Gasteiger partial charge >= 0.3 is 0 Å². The highest BCUT2D eigenvalue weighted by atomic mass is 32.1. The summed E-state index contributed by atoms with van der Waals surface area (Å²) in [7, 11) is 0. The average molecular weight is 422 g/mol. The largest absolute Gasteiger partial charge is 0.333 e. The van der Waals surface area contributed by atoms with E-state index in [1.165, 1.54) is 11.3 Å². The van der Waals surface area contributed by atoms with Gasteiger partial charge in [0, 0.05) is 11.9 Å². The molecule has 5 nitrogen and oxygen atoms in total. The molecule has 0 aliphatic carbocycles. The van der Waals surface area contributed by atoms with Crippen LogP contribution in [0.1, 0.15) is 42.5 Å². The van der Waals surface area contributed by atoms with Gasteiger partial charge in [-0.25, -0.2) is 4.98 Å². The van der Waals surface area contributed by atoms with Crippen molar-refractivity contribution in [3.05, 3.63) is 82.9 Å². The molecule has 1 heterocycles. The maximum Gasteiger partial charge on any atom is 0.245 e. The summed E-state index contributed by atoms with van der Waals surface area (Å²) in [6.07, 6.45) is 1.78. The van der Waals surface area contributed by atoms with E-state index < -0.39 is 5.92 Å². The van der Waals surface area contributed by atoms with E-state index in [-0.39, 0.29) is 18.4 Å². The molecule has 0 saturated carbocycles. The Hall–Kier alpha value is -2.99. The Bertz CT molecular complexity index is 917. The van der Waals surface area contributed by atoms with Gasteiger partial charge in [-0.05, 0) is 24.5 Å². The fourth-order valence-corrected chi connectivity index (χ4v) is 4.02. The molecule has 3 rings (SSSR count). The topological polar surface area (TPSA) is 62.3 Å². The van der Waals surface area contributed by atoms with Crippen LogP contribution < -0.4 is 5.32 Å². The molecular formula is C24H27N3O2S. The van der Waals surface area contributed by atoms with Gasteiger partial charge in [0.1, 0.15) is 0 Å². The lowest BCUT2D eigenvalue weighted by molar-refractivity contribution is -0.135. The lowest BCUT2D eigenvalue weighted by Gasteiger charge is -2.27. The van der Waals surface area contributed by atoms with Crippen LogP contribution in [0.3, 0.4) is 0 Å². The molecule has 2 amide bonds. The highest BCUT2D eigenvalue weighted by Crippen LogP contribution is 2.27. The van der Waals surface area contributed by atoms with Crippen molar-refractivity contribution in [2.45, 2.75) is 32.6 Å². The Kier molecular flexibility index (Phi) is 7.74. The van der Waals surface area contributed by atoms with Gasteiger partial charge in [-0.3, -0.25) is 9.59 Å². The molecule has 0 aliphatic rings. The number of carbonyl (C=O) groups is 2. The number of nitrogens with one attached hydrogen (secondary N) is 1. The second-order valence-corrected chi connectivity index (χ2v) is 8.07. The van der Waals surface area contributed by atoms with Crippen LogP contribution in [0, 0.1) is 6.92 Å². The number of benzene rings is 2. The summed E-state index contributed by atoms with van der Waals surface area (Å²) in [4.78, 5) is 32.3. The number of unbranched alkanes of at least 4 members (excludes halogenated alkanes) is 1. The number of hydrogen-bond donors (Lipinski definition) is 1.